The van der Waals surface area contributed by atoms with Gasteiger partial charge in [0.05, 0.1) is 0 Å². The normalized spacial score (nSPS) is 10.9. The molecule has 0 bridgehead atoms. The van der Waals surface area contributed by atoms with Crippen LogP contribution in [0.1, 0.15) is 96.8 Å². The summed E-state index contributed by atoms with van der Waals surface area (Å²) in [5.74, 6) is 0. The van der Waals surface area contributed by atoms with Gasteiger partial charge in [-0.05, 0) is 6.42 Å². The first-order chi connectivity index (χ1) is 9.56. The summed E-state index contributed by atoms with van der Waals surface area (Å²) < 4.78 is 10.6. The Hall–Kier alpha value is 0.730. The molecule has 0 aliphatic rings. The molecule has 0 aromatic rings. The highest BCUT2D eigenvalue weighted by atomic mass is 35.5. The van der Waals surface area contributed by atoms with Crippen molar-refractivity contribution in [2.45, 2.75) is 96.8 Å². The quantitative estimate of drug-likeness (QED) is 0.253. The van der Waals surface area contributed by atoms with Gasteiger partial charge in [0.1, 0.15) is 0 Å². The molecule has 6 heteroatoms. The molecule has 0 aliphatic heterocycles. The second kappa shape index (κ2) is 19.8. The van der Waals surface area contributed by atoms with Gasteiger partial charge in [-0.1, -0.05) is 90.4 Å². The first kappa shape index (κ1) is 27.6. The molecule has 2 N–H and O–H groups in total. The Morgan fingerprint density at radius 2 is 0.864 bits per heavy atom. The average molecular weight is 379 g/mol. The molecular weight excluding hydrogens is 342 g/mol. The van der Waals surface area contributed by atoms with Crippen molar-refractivity contribution in [3.8, 4) is 0 Å². The Labute approximate surface area is 150 Å². The summed E-state index contributed by atoms with van der Waals surface area (Å²) in [4.78, 5) is 17.4. The zero-order chi connectivity index (χ0) is 15.1. The number of halogens is 2. The lowest BCUT2D eigenvalue weighted by Gasteiger charge is -2.04. The molecule has 0 spiro atoms. The summed E-state index contributed by atoms with van der Waals surface area (Å²) in [5.41, 5.74) is 0. The minimum atomic E-state index is -3.75. The summed E-state index contributed by atoms with van der Waals surface area (Å²) in [7, 11) is -3.75. The molecule has 22 heavy (non-hydrogen) atoms. The molecule has 0 atom stereocenters. The maximum absolute atomic E-state index is 10.6. The van der Waals surface area contributed by atoms with Crippen molar-refractivity contribution >= 4 is 32.4 Å². The molecular formula is C16H37Cl2O3P. The fourth-order valence-corrected chi connectivity index (χ4v) is 3.15. The lowest BCUT2D eigenvalue weighted by molar-refractivity contribution is 0.370. The summed E-state index contributed by atoms with van der Waals surface area (Å²) in [5, 5.41) is 0. The number of rotatable bonds is 15. The van der Waals surface area contributed by atoms with Crippen LogP contribution in [0.5, 0.6) is 0 Å². The zero-order valence-electron chi connectivity index (χ0n) is 14.2. The van der Waals surface area contributed by atoms with Gasteiger partial charge in [-0.15, -0.1) is 24.8 Å². The average Bonchev–Trinajstić information content (AvgIpc) is 2.38. The molecule has 0 aromatic heterocycles. The molecule has 0 aromatic carbocycles. The Bertz CT molecular complexity index is 248. The van der Waals surface area contributed by atoms with Crippen LogP contribution in [0.15, 0.2) is 0 Å². The van der Waals surface area contributed by atoms with E-state index in [1.807, 2.05) is 0 Å². The minimum Gasteiger partial charge on any atom is -0.324 e. The van der Waals surface area contributed by atoms with Crippen molar-refractivity contribution < 1.29 is 14.4 Å². The maximum atomic E-state index is 10.6. The molecule has 0 heterocycles. The smallest absolute Gasteiger partial charge is 0.324 e. The van der Waals surface area contributed by atoms with Crippen LogP contribution in [-0.4, -0.2) is 15.9 Å². The summed E-state index contributed by atoms with van der Waals surface area (Å²) in [6, 6.07) is 0. The predicted octanol–water partition coefficient (Wildman–Crippen LogP) is 6.49. The molecule has 0 rings (SSSR count). The Kier molecular flexibility index (Phi) is 24.8. The van der Waals surface area contributed by atoms with E-state index < -0.39 is 7.60 Å². The highest BCUT2D eigenvalue weighted by Crippen LogP contribution is 2.35. The van der Waals surface area contributed by atoms with Crippen LogP contribution in [-0.2, 0) is 4.57 Å². The summed E-state index contributed by atoms with van der Waals surface area (Å²) in [6.45, 7) is 2.26. The zero-order valence-corrected chi connectivity index (χ0v) is 16.7. The minimum absolute atomic E-state index is 0. The maximum Gasteiger partial charge on any atom is 0.325 e. The Balaban J connectivity index is -0.00000180. The van der Waals surface area contributed by atoms with Crippen LogP contribution in [0.25, 0.3) is 0 Å². The van der Waals surface area contributed by atoms with Gasteiger partial charge in [0.25, 0.3) is 0 Å². The van der Waals surface area contributed by atoms with E-state index in [-0.39, 0.29) is 31.0 Å². The van der Waals surface area contributed by atoms with Gasteiger partial charge in [0, 0.05) is 6.16 Å². The van der Waals surface area contributed by atoms with Crippen LogP contribution in [0, 0.1) is 0 Å². The van der Waals surface area contributed by atoms with Gasteiger partial charge in [0.15, 0.2) is 0 Å². The van der Waals surface area contributed by atoms with E-state index in [1.54, 1.807) is 0 Å². The molecule has 138 valence electrons. The fourth-order valence-electron chi connectivity index (χ4n) is 2.51. The van der Waals surface area contributed by atoms with Crippen molar-refractivity contribution in [2.75, 3.05) is 6.16 Å². The van der Waals surface area contributed by atoms with E-state index in [9.17, 15) is 4.57 Å². The number of unbranched alkanes of at least 4 members (excludes halogenated alkanes) is 13. The number of hydrogen-bond acceptors (Lipinski definition) is 1. The second-order valence-electron chi connectivity index (χ2n) is 5.98. The van der Waals surface area contributed by atoms with E-state index in [0.717, 1.165) is 12.8 Å². The largest absolute Gasteiger partial charge is 0.325 e. The highest BCUT2D eigenvalue weighted by molar-refractivity contribution is 7.51. The van der Waals surface area contributed by atoms with Crippen molar-refractivity contribution in [3.05, 3.63) is 0 Å². The predicted molar refractivity (Wildman–Crippen MR) is 102 cm³/mol. The van der Waals surface area contributed by atoms with Crippen molar-refractivity contribution in [1.82, 2.24) is 0 Å². The summed E-state index contributed by atoms with van der Waals surface area (Å²) >= 11 is 0. The molecule has 0 amide bonds. The lowest BCUT2D eigenvalue weighted by atomic mass is 10.0. The Morgan fingerprint density at radius 3 is 1.14 bits per heavy atom. The van der Waals surface area contributed by atoms with E-state index in [0.29, 0.717) is 6.42 Å². The first-order valence-electron chi connectivity index (χ1n) is 8.61. The van der Waals surface area contributed by atoms with Crippen LogP contribution in [0.3, 0.4) is 0 Å². The van der Waals surface area contributed by atoms with Crippen molar-refractivity contribution in [3.63, 3.8) is 0 Å². The first-order valence-corrected chi connectivity index (χ1v) is 10.4. The van der Waals surface area contributed by atoms with Crippen molar-refractivity contribution in [1.29, 1.82) is 0 Å². The van der Waals surface area contributed by atoms with Crippen LogP contribution >= 0.6 is 32.4 Å². The van der Waals surface area contributed by atoms with Gasteiger partial charge in [-0.3, -0.25) is 4.57 Å². The molecule has 0 fully saturated rings. The third kappa shape index (κ3) is 25.7. The fraction of sp³-hybridized carbons (Fsp3) is 1.00. The van der Waals surface area contributed by atoms with Gasteiger partial charge >= 0.3 is 7.60 Å². The molecule has 0 aliphatic carbocycles. The van der Waals surface area contributed by atoms with E-state index in [1.165, 1.54) is 70.6 Å². The van der Waals surface area contributed by atoms with Gasteiger partial charge in [-0.25, -0.2) is 0 Å². The molecule has 3 nitrogen and oxygen atoms in total. The highest BCUT2D eigenvalue weighted by Gasteiger charge is 2.10. The summed E-state index contributed by atoms with van der Waals surface area (Å²) in [6.07, 6.45) is 17.7. The number of hydrogen-bond donors (Lipinski definition) is 2. The third-order valence-corrected chi connectivity index (χ3v) is 4.70. The SMILES string of the molecule is CCCCCCCCCCCCCCCCP(=O)(O)O.Cl.Cl. The van der Waals surface area contributed by atoms with Crippen LogP contribution < -0.4 is 0 Å². The van der Waals surface area contributed by atoms with E-state index >= 15 is 0 Å². The molecule has 0 saturated heterocycles. The van der Waals surface area contributed by atoms with Crippen LogP contribution in [0.2, 0.25) is 0 Å². The third-order valence-electron chi connectivity index (χ3n) is 3.80. The monoisotopic (exact) mass is 378 g/mol. The topological polar surface area (TPSA) is 57.5 Å². The van der Waals surface area contributed by atoms with E-state index in [2.05, 4.69) is 6.92 Å². The van der Waals surface area contributed by atoms with Gasteiger partial charge < -0.3 is 9.79 Å². The molecule has 0 radical (unpaired) electrons. The Morgan fingerprint density at radius 1 is 0.591 bits per heavy atom. The van der Waals surface area contributed by atoms with Gasteiger partial charge in [-0.2, -0.15) is 0 Å². The molecule has 0 saturated carbocycles. The van der Waals surface area contributed by atoms with Crippen LogP contribution in [0.4, 0.5) is 0 Å². The molecule has 0 unspecified atom stereocenters. The lowest BCUT2D eigenvalue weighted by Crippen LogP contribution is -1.88. The van der Waals surface area contributed by atoms with Crippen molar-refractivity contribution in [2.24, 2.45) is 0 Å². The standard InChI is InChI=1S/C16H35O3P.2ClH/c1-2-3-4-5-6-7-8-9-10-11-12-13-14-15-16-20(17,18)19;;/h2-16H2,1H3,(H2,17,18,19);2*1H. The van der Waals surface area contributed by atoms with E-state index in [4.69, 9.17) is 9.79 Å². The second-order valence-corrected chi connectivity index (χ2v) is 7.76. The van der Waals surface area contributed by atoms with Gasteiger partial charge in [0.2, 0.25) is 0 Å².